The second kappa shape index (κ2) is 9.20. The molecule has 0 fully saturated rings. The molecule has 4 heteroatoms. The van der Waals surface area contributed by atoms with E-state index in [2.05, 4.69) is 46.8 Å². The highest BCUT2D eigenvalue weighted by Gasteiger charge is 2.38. The van der Waals surface area contributed by atoms with Gasteiger partial charge in [-0.05, 0) is 84.4 Å². The van der Waals surface area contributed by atoms with Crippen LogP contribution in [0, 0.1) is 0 Å². The molecule has 0 amide bonds. The Kier molecular flexibility index (Phi) is 7.33. The number of hydrogen-bond donors (Lipinski definition) is 1. The third-order valence-electron chi connectivity index (χ3n) is 6.02. The van der Waals surface area contributed by atoms with Gasteiger partial charge in [-0.3, -0.25) is 0 Å². The summed E-state index contributed by atoms with van der Waals surface area (Å²) in [6.45, 7) is 15.0. The summed E-state index contributed by atoms with van der Waals surface area (Å²) in [6.07, 6.45) is 6.90. The first-order valence-corrected chi connectivity index (χ1v) is 10.7. The molecule has 0 atom stereocenters. The van der Waals surface area contributed by atoms with Crippen LogP contribution in [-0.2, 0) is 15.6 Å². The van der Waals surface area contributed by atoms with E-state index >= 15 is 4.39 Å². The Balaban J connectivity index is 2.62. The maximum atomic E-state index is 15.0. The molecule has 0 radical (unpaired) electrons. The Morgan fingerprint density at radius 1 is 1.10 bits per heavy atom. The van der Waals surface area contributed by atoms with Gasteiger partial charge in [-0.1, -0.05) is 40.7 Å². The molecule has 0 saturated carbocycles. The van der Waals surface area contributed by atoms with Crippen LogP contribution in [0.25, 0.3) is 5.57 Å². The number of allylic oxidation sites excluding steroid dienone is 5. The number of carbonyl (C=O) groups is 1. The molecule has 1 aliphatic carbocycles. The fourth-order valence-electron chi connectivity index (χ4n) is 3.92. The number of carboxylic acid groups (broad SMARTS) is 1. The summed E-state index contributed by atoms with van der Waals surface area (Å²) < 4.78 is 21.1. The van der Waals surface area contributed by atoms with Crippen LogP contribution in [0.4, 0.5) is 4.39 Å². The molecule has 0 heterocycles. The summed E-state index contributed by atoms with van der Waals surface area (Å²) in [6, 6.07) is 4.21. The average molecular weight is 415 g/mol. The van der Waals surface area contributed by atoms with E-state index in [1.54, 1.807) is 13.8 Å². The maximum absolute atomic E-state index is 15.0. The molecule has 3 nitrogen and oxygen atoms in total. The van der Waals surface area contributed by atoms with Crippen LogP contribution in [0.1, 0.15) is 84.4 Å². The Hall–Kier alpha value is -2.36. The van der Waals surface area contributed by atoms with Gasteiger partial charge < -0.3 is 9.84 Å². The molecule has 30 heavy (non-hydrogen) atoms. The van der Waals surface area contributed by atoms with E-state index in [9.17, 15) is 4.79 Å². The fraction of sp³-hybridized carbons (Fsp3) is 0.500. The zero-order chi connectivity index (χ0) is 22.7. The molecule has 1 aliphatic rings. The summed E-state index contributed by atoms with van der Waals surface area (Å²) in [4.78, 5) is 10.8. The number of halogens is 1. The van der Waals surface area contributed by atoms with Crippen molar-refractivity contribution in [3.8, 4) is 5.75 Å². The van der Waals surface area contributed by atoms with Crippen LogP contribution in [0.2, 0.25) is 0 Å². The first kappa shape index (κ1) is 23.9. The minimum atomic E-state index is -1.05. The zero-order valence-electron chi connectivity index (χ0n) is 19.4. The van der Waals surface area contributed by atoms with Gasteiger partial charge in [-0.15, -0.1) is 0 Å². The summed E-state index contributed by atoms with van der Waals surface area (Å²) >= 11 is 0. The summed E-state index contributed by atoms with van der Waals surface area (Å²) in [5.41, 5.74) is 4.30. The van der Waals surface area contributed by atoms with E-state index in [-0.39, 0.29) is 10.8 Å². The lowest BCUT2D eigenvalue weighted by molar-refractivity contribution is -0.131. The van der Waals surface area contributed by atoms with Crippen molar-refractivity contribution in [1.29, 1.82) is 0 Å². The van der Waals surface area contributed by atoms with E-state index < -0.39 is 11.8 Å². The molecular weight excluding hydrogens is 379 g/mol. The highest BCUT2D eigenvalue weighted by atomic mass is 19.1. The van der Waals surface area contributed by atoms with E-state index in [0.29, 0.717) is 23.5 Å². The van der Waals surface area contributed by atoms with Crippen molar-refractivity contribution in [2.75, 3.05) is 6.61 Å². The molecule has 164 valence electrons. The van der Waals surface area contributed by atoms with Gasteiger partial charge in [0, 0.05) is 11.6 Å². The minimum absolute atomic E-state index is 0.0102. The molecule has 0 aromatic heterocycles. The van der Waals surface area contributed by atoms with Gasteiger partial charge in [0.15, 0.2) is 0 Å². The van der Waals surface area contributed by atoms with E-state index in [1.807, 2.05) is 0 Å². The maximum Gasteiger partial charge on any atom is 0.328 e. The number of carboxylic acids is 1. The molecule has 1 N–H and O–H groups in total. The monoisotopic (exact) mass is 414 g/mol. The van der Waals surface area contributed by atoms with Crippen molar-refractivity contribution in [3.05, 3.63) is 58.5 Å². The van der Waals surface area contributed by atoms with Gasteiger partial charge in [0.05, 0.1) is 6.61 Å². The van der Waals surface area contributed by atoms with Gasteiger partial charge in [0.2, 0.25) is 0 Å². The van der Waals surface area contributed by atoms with E-state index in [0.717, 1.165) is 30.9 Å². The predicted molar refractivity (Wildman–Crippen MR) is 122 cm³/mol. The first-order chi connectivity index (χ1) is 13.9. The lowest BCUT2D eigenvalue weighted by Crippen LogP contribution is -2.34. The van der Waals surface area contributed by atoms with E-state index in [4.69, 9.17) is 9.84 Å². The zero-order valence-corrected chi connectivity index (χ0v) is 19.4. The average Bonchev–Trinajstić information content (AvgIpc) is 2.66. The number of hydrogen-bond acceptors (Lipinski definition) is 2. The van der Waals surface area contributed by atoms with Gasteiger partial charge >= 0.3 is 5.97 Å². The van der Waals surface area contributed by atoms with Crippen LogP contribution < -0.4 is 4.74 Å². The molecule has 0 spiro atoms. The SMILES string of the molecule is CCCOc1cc2c(cc1C(C)=C(F)C=CC(C)=CC(=O)O)C(C)(C)CCC2(C)C. The predicted octanol–water partition coefficient (Wildman–Crippen LogP) is 7.11. The number of ether oxygens (including phenoxy) is 1. The quantitative estimate of drug-likeness (QED) is 0.382. The second-order valence-corrected chi connectivity index (χ2v) is 9.54. The molecule has 1 aromatic carbocycles. The summed E-state index contributed by atoms with van der Waals surface area (Å²) in [7, 11) is 0. The van der Waals surface area contributed by atoms with Crippen LogP contribution in [0.15, 0.2) is 41.8 Å². The van der Waals surface area contributed by atoms with Crippen LogP contribution in [0.5, 0.6) is 5.75 Å². The normalized spacial score (nSPS) is 18.7. The topological polar surface area (TPSA) is 46.5 Å². The number of aliphatic carboxylic acids is 1. The van der Waals surface area contributed by atoms with Crippen molar-refractivity contribution < 1.29 is 19.0 Å². The molecule has 0 aliphatic heterocycles. The third kappa shape index (κ3) is 5.41. The molecule has 1 aromatic rings. The number of fused-ring (bicyclic) bond motifs is 1. The van der Waals surface area contributed by atoms with Gasteiger partial charge in [-0.25, -0.2) is 9.18 Å². The smallest absolute Gasteiger partial charge is 0.328 e. The number of benzene rings is 1. The van der Waals surface area contributed by atoms with Crippen molar-refractivity contribution in [1.82, 2.24) is 0 Å². The van der Waals surface area contributed by atoms with Gasteiger partial charge in [-0.2, -0.15) is 0 Å². The Morgan fingerprint density at radius 3 is 2.20 bits per heavy atom. The Labute approximate surface area is 180 Å². The highest BCUT2D eigenvalue weighted by molar-refractivity contribution is 5.81. The highest BCUT2D eigenvalue weighted by Crippen LogP contribution is 2.48. The van der Waals surface area contributed by atoms with Crippen molar-refractivity contribution in [2.45, 2.75) is 78.6 Å². The fourth-order valence-corrected chi connectivity index (χ4v) is 3.92. The lowest BCUT2D eigenvalue weighted by atomic mass is 9.62. The molecule has 0 unspecified atom stereocenters. The summed E-state index contributed by atoms with van der Waals surface area (Å²) in [5.74, 6) is -0.740. The van der Waals surface area contributed by atoms with Crippen LogP contribution >= 0.6 is 0 Å². The standard InChI is InChI=1S/C26H35FO3/c1-8-13-30-23-16-21-20(25(4,5)11-12-26(21,6)7)15-19(23)18(3)22(27)10-9-17(2)14-24(28)29/h9-10,14-16H,8,11-13H2,1-7H3,(H,28,29). The first-order valence-electron chi connectivity index (χ1n) is 10.7. The van der Waals surface area contributed by atoms with Crippen molar-refractivity contribution in [3.63, 3.8) is 0 Å². The minimum Gasteiger partial charge on any atom is -0.493 e. The lowest BCUT2D eigenvalue weighted by Gasteiger charge is -2.42. The van der Waals surface area contributed by atoms with Crippen LogP contribution in [0.3, 0.4) is 0 Å². The van der Waals surface area contributed by atoms with Crippen molar-refractivity contribution >= 4 is 11.5 Å². The number of rotatable bonds is 7. The largest absolute Gasteiger partial charge is 0.493 e. The summed E-state index contributed by atoms with van der Waals surface area (Å²) in [5, 5.41) is 8.83. The third-order valence-corrected chi connectivity index (χ3v) is 6.02. The second-order valence-electron chi connectivity index (χ2n) is 9.54. The van der Waals surface area contributed by atoms with Gasteiger partial charge in [0.1, 0.15) is 11.6 Å². The molecule has 0 bridgehead atoms. The Morgan fingerprint density at radius 2 is 1.67 bits per heavy atom. The van der Waals surface area contributed by atoms with Crippen LogP contribution in [-0.4, -0.2) is 17.7 Å². The van der Waals surface area contributed by atoms with Gasteiger partial charge in [0.25, 0.3) is 0 Å². The molecule has 2 rings (SSSR count). The van der Waals surface area contributed by atoms with Crippen molar-refractivity contribution in [2.24, 2.45) is 0 Å². The molecular formula is C26H35FO3. The Bertz CT molecular complexity index is 901. The molecule has 0 saturated heterocycles. The van der Waals surface area contributed by atoms with E-state index in [1.165, 1.54) is 23.3 Å².